The van der Waals surface area contributed by atoms with Crippen LogP contribution in [0.1, 0.15) is 19.3 Å². The third kappa shape index (κ3) is 3.33. The highest BCUT2D eigenvalue weighted by molar-refractivity contribution is 5.68. The first-order chi connectivity index (χ1) is 6.74. The van der Waals surface area contributed by atoms with Gasteiger partial charge in [-0.2, -0.15) is 0 Å². The first-order valence-electron chi connectivity index (χ1n) is 4.73. The van der Waals surface area contributed by atoms with Crippen LogP contribution in [0.2, 0.25) is 0 Å². The van der Waals surface area contributed by atoms with E-state index in [4.69, 9.17) is 9.84 Å². The third-order valence-corrected chi connectivity index (χ3v) is 2.51. The summed E-state index contributed by atoms with van der Waals surface area (Å²) in [4.78, 5) is 20.8. The van der Waals surface area contributed by atoms with E-state index in [0.29, 0.717) is 19.6 Å². The van der Waals surface area contributed by atoms with Crippen molar-refractivity contribution in [2.75, 3.05) is 13.2 Å². The quantitative estimate of drug-likeness (QED) is 0.614. The summed E-state index contributed by atoms with van der Waals surface area (Å²) >= 11 is 0. The van der Waals surface area contributed by atoms with Crippen LogP contribution >= 0.6 is 0 Å². The van der Waals surface area contributed by atoms with Crippen LogP contribution in [0.5, 0.6) is 0 Å². The second kappa shape index (κ2) is 5.59. The molecule has 1 amide bonds. The maximum Gasteiger partial charge on any atom is 0.305 e. The number of carboxylic acids is 1. The summed E-state index contributed by atoms with van der Waals surface area (Å²) < 4.78 is 5.17. The lowest BCUT2D eigenvalue weighted by molar-refractivity contribution is -0.138. The molecule has 0 bridgehead atoms. The monoisotopic (exact) mass is 201 g/mol. The Hall–Kier alpha value is -1.10. The number of carboxylic acid groups (broad SMARTS) is 1. The first kappa shape index (κ1) is 11.0. The first-order valence-corrected chi connectivity index (χ1v) is 4.73. The normalized spacial score (nSPS) is 20.0. The van der Waals surface area contributed by atoms with Crippen molar-refractivity contribution in [3.63, 3.8) is 0 Å². The number of hydrogen-bond acceptors (Lipinski definition) is 3. The Morgan fingerprint density at radius 3 is 2.71 bits per heavy atom. The molecule has 1 heterocycles. The van der Waals surface area contributed by atoms with Gasteiger partial charge < -0.3 is 15.2 Å². The van der Waals surface area contributed by atoms with E-state index in [2.05, 4.69) is 5.32 Å². The summed E-state index contributed by atoms with van der Waals surface area (Å²) in [5.74, 6) is -0.652. The van der Waals surface area contributed by atoms with Gasteiger partial charge in [0, 0.05) is 19.3 Å². The Morgan fingerprint density at radius 2 is 2.21 bits per heavy atom. The number of aliphatic carboxylic acids is 1. The van der Waals surface area contributed by atoms with Gasteiger partial charge in [0.05, 0.1) is 6.42 Å². The van der Waals surface area contributed by atoms with E-state index in [1.54, 1.807) is 0 Å². The molecule has 5 nitrogen and oxygen atoms in total. The largest absolute Gasteiger partial charge is 0.481 e. The number of ether oxygens (including phenoxy) is 1. The summed E-state index contributed by atoms with van der Waals surface area (Å²) in [6.45, 7) is 1.31. The molecular weight excluding hydrogens is 186 g/mol. The standard InChI is InChI=1S/C9H15NO4/c11-6-10-8(5-9(12)13)7-1-3-14-4-2-7/h6-8H,1-5H2,(H,10,11)(H,12,13)/t8-/m1/s1. The Labute approximate surface area is 82.4 Å². The smallest absolute Gasteiger partial charge is 0.305 e. The van der Waals surface area contributed by atoms with E-state index < -0.39 is 5.97 Å². The van der Waals surface area contributed by atoms with Crippen LogP contribution in [0.3, 0.4) is 0 Å². The molecule has 0 spiro atoms. The predicted octanol–water partition coefficient (Wildman–Crippen LogP) is 0.00230. The molecule has 1 rings (SSSR count). The number of rotatable bonds is 5. The van der Waals surface area contributed by atoms with Crippen LogP contribution in [0.25, 0.3) is 0 Å². The molecule has 2 N–H and O–H groups in total. The molecule has 0 saturated carbocycles. The molecular formula is C9H15NO4. The van der Waals surface area contributed by atoms with Crippen LogP contribution in [-0.4, -0.2) is 36.7 Å². The predicted molar refractivity (Wildman–Crippen MR) is 48.8 cm³/mol. The van der Waals surface area contributed by atoms with Crippen molar-refractivity contribution in [2.24, 2.45) is 5.92 Å². The van der Waals surface area contributed by atoms with Crippen LogP contribution in [-0.2, 0) is 14.3 Å². The third-order valence-electron chi connectivity index (χ3n) is 2.51. The molecule has 0 aromatic heterocycles. The van der Waals surface area contributed by atoms with Crippen molar-refractivity contribution in [1.29, 1.82) is 0 Å². The average Bonchev–Trinajstić information content (AvgIpc) is 2.18. The van der Waals surface area contributed by atoms with Crippen molar-refractivity contribution >= 4 is 12.4 Å². The molecule has 1 atom stereocenters. The second-order valence-electron chi connectivity index (χ2n) is 3.44. The molecule has 1 aliphatic heterocycles. The fourth-order valence-corrected chi connectivity index (χ4v) is 1.76. The molecule has 80 valence electrons. The van der Waals surface area contributed by atoms with Gasteiger partial charge in [-0.3, -0.25) is 9.59 Å². The lowest BCUT2D eigenvalue weighted by Gasteiger charge is -2.28. The summed E-state index contributed by atoms with van der Waals surface area (Å²) in [6.07, 6.45) is 2.20. The number of hydrogen-bond donors (Lipinski definition) is 2. The van der Waals surface area contributed by atoms with Gasteiger partial charge in [-0.05, 0) is 18.8 Å². The lowest BCUT2D eigenvalue weighted by Crippen LogP contribution is -2.39. The molecule has 0 aromatic rings. The topological polar surface area (TPSA) is 75.6 Å². The zero-order valence-corrected chi connectivity index (χ0v) is 7.94. The maximum atomic E-state index is 10.5. The van der Waals surface area contributed by atoms with E-state index in [0.717, 1.165) is 12.8 Å². The van der Waals surface area contributed by atoms with Gasteiger partial charge in [0.2, 0.25) is 6.41 Å². The highest BCUT2D eigenvalue weighted by Gasteiger charge is 2.25. The molecule has 14 heavy (non-hydrogen) atoms. The van der Waals surface area contributed by atoms with Crippen LogP contribution in [0.15, 0.2) is 0 Å². The zero-order chi connectivity index (χ0) is 10.4. The van der Waals surface area contributed by atoms with Gasteiger partial charge in [-0.15, -0.1) is 0 Å². The summed E-state index contributed by atoms with van der Waals surface area (Å²) in [6, 6.07) is -0.256. The molecule has 1 saturated heterocycles. The zero-order valence-electron chi connectivity index (χ0n) is 7.94. The number of amides is 1. The van der Waals surface area contributed by atoms with E-state index in [9.17, 15) is 9.59 Å². The number of carbonyl (C=O) groups is 2. The SMILES string of the molecule is O=CN[C@H](CC(=O)O)C1CCOCC1. The van der Waals surface area contributed by atoms with Gasteiger partial charge >= 0.3 is 5.97 Å². The molecule has 0 unspecified atom stereocenters. The van der Waals surface area contributed by atoms with Gasteiger partial charge in [-0.25, -0.2) is 0 Å². The van der Waals surface area contributed by atoms with Crippen LogP contribution < -0.4 is 5.32 Å². The number of nitrogens with one attached hydrogen (secondary N) is 1. The highest BCUT2D eigenvalue weighted by Crippen LogP contribution is 2.20. The Morgan fingerprint density at radius 1 is 1.57 bits per heavy atom. The van der Waals surface area contributed by atoms with Gasteiger partial charge in [0.25, 0.3) is 0 Å². The Kier molecular flexibility index (Phi) is 4.39. The maximum absolute atomic E-state index is 10.5. The number of carbonyl (C=O) groups excluding carboxylic acids is 1. The summed E-state index contributed by atoms with van der Waals surface area (Å²) in [7, 11) is 0. The minimum absolute atomic E-state index is 0.0105. The van der Waals surface area contributed by atoms with Gasteiger partial charge in [0.1, 0.15) is 0 Å². The van der Waals surface area contributed by atoms with Crippen LogP contribution in [0.4, 0.5) is 0 Å². The summed E-state index contributed by atoms with van der Waals surface area (Å²) in [5.41, 5.74) is 0. The van der Waals surface area contributed by atoms with E-state index in [1.165, 1.54) is 0 Å². The van der Waals surface area contributed by atoms with Crippen molar-refractivity contribution in [2.45, 2.75) is 25.3 Å². The molecule has 1 aliphatic rings. The van der Waals surface area contributed by atoms with Gasteiger partial charge in [-0.1, -0.05) is 0 Å². The van der Waals surface area contributed by atoms with E-state index in [-0.39, 0.29) is 18.4 Å². The van der Waals surface area contributed by atoms with Crippen molar-refractivity contribution in [3.8, 4) is 0 Å². The Balaban J connectivity index is 2.46. The van der Waals surface area contributed by atoms with E-state index in [1.807, 2.05) is 0 Å². The Bertz CT molecular complexity index is 201. The highest BCUT2D eigenvalue weighted by atomic mass is 16.5. The van der Waals surface area contributed by atoms with Gasteiger partial charge in [0.15, 0.2) is 0 Å². The van der Waals surface area contributed by atoms with E-state index >= 15 is 0 Å². The minimum atomic E-state index is -0.879. The summed E-state index contributed by atoms with van der Waals surface area (Å²) in [5, 5.41) is 11.2. The molecule has 1 fully saturated rings. The molecule has 0 radical (unpaired) electrons. The van der Waals surface area contributed by atoms with Crippen molar-refractivity contribution in [3.05, 3.63) is 0 Å². The minimum Gasteiger partial charge on any atom is -0.481 e. The molecule has 0 aliphatic carbocycles. The average molecular weight is 201 g/mol. The molecule has 0 aromatic carbocycles. The van der Waals surface area contributed by atoms with Crippen molar-refractivity contribution < 1.29 is 19.4 Å². The fraction of sp³-hybridized carbons (Fsp3) is 0.778. The second-order valence-corrected chi connectivity index (χ2v) is 3.44. The lowest BCUT2D eigenvalue weighted by atomic mass is 9.90. The fourth-order valence-electron chi connectivity index (χ4n) is 1.76. The molecule has 5 heteroatoms. The van der Waals surface area contributed by atoms with Crippen LogP contribution in [0, 0.1) is 5.92 Å². The van der Waals surface area contributed by atoms with Crippen molar-refractivity contribution in [1.82, 2.24) is 5.32 Å².